The SMILES string of the molecule is CCOc1ccccc1CN1CCC2(CC1)CCN(C(=O)Cc1ccc(Cl)cc1)CC2. The predicted molar refractivity (Wildman–Crippen MR) is 126 cm³/mol. The third kappa shape index (κ3) is 5.61. The smallest absolute Gasteiger partial charge is 0.226 e. The minimum Gasteiger partial charge on any atom is -0.494 e. The quantitative estimate of drug-likeness (QED) is 0.620. The highest BCUT2D eigenvalue weighted by Gasteiger charge is 2.38. The highest BCUT2D eigenvalue weighted by molar-refractivity contribution is 6.30. The number of likely N-dealkylation sites (tertiary alicyclic amines) is 2. The van der Waals surface area contributed by atoms with Crippen LogP contribution in [-0.4, -0.2) is 48.5 Å². The maximum Gasteiger partial charge on any atom is 0.226 e. The van der Waals surface area contributed by atoms with Crippen LogP contribution in [0.25, 0.3) is 0 Å². The molecule has 1 amide bonds. The molecule has 0 atom stereocenters. The molecule has 166 valence electrons. The molecule has 0 aromatic heterocycles. The average Bonchev–Trinajstić information content (AvgIpc) is 2.79. The predicted octanol–water partition coefficient (Wildman–Crippen LogP) is 5.19. The summed E-state index contributed by atoms with van der Waals surface area (Å²) in [4.78, 5) is 17.4. The van der Waals surface area contributed by atoms with Gasteiger partial charge in [0.15, 0.2) is 0 Å². The van der Waals surface area contributed by atoms with E-state index >= 15 is 0 Å². The number of ether oxygens (including phenoxy) is 1. The molecule has 2 saturated heterocycles. The molecule has 31 heavy (non-hydrogen) atoms. The Bertz CT molecular complexity index is 865. The molecule has 2 aliphatic heterocycles. The number of hydrogen-bond acceptors (Lipinski definition) is 3. The van der Waals surface area contributed by atoms with E-state index in [1.807, 2.05) is 37.3 Å². The molecule has 2 aliphatic rings. The fourth-order valence-corrected chi connectivity index (χ4v) is 5.10. The van der Waals surface area contributed by atoms with Crippen LogP contribution in [0.15, 0.2) is 48.5 Å². The molecule has 4 rings (SSSR count). The molecule has 0 unspecified atom stereocenters. The second-order valence-electron chi connectivity index (χ2n) is 9.00. The zero-order chi connectivity index (χ0) is 21.7. The van der Waals surface area contributed by atoms with Crippen LogP contribution in [0.1, 0.15) is 43.7 Å². The van der Waals surface area contributed by atoms with Gasteiger partial charge in [0.25, 0.3) is 0 Å². The van der Waals surface area contributed by atoms with Crippen molar-refractivity contribution >= 4 is 17.5 Å². The summed E-state index contributed by atoms with van der Waals surface area (Å²) >= 11 is 5.95. The average molecular weight is 441 g/mol. The molecule has 0 aliphatic carbocycles. The maximum absolute atomic E-state index is 12.7. The van der Waals surface area contributed by atoms with E-state index in [2.05, 4.69) is 28.0 Å². The Morgan fingerprint density at radius 2 is 1.61 bits per heavy atom. The Kier molecular flexibility index (Phi) is 7.19. The molecule has 0 N–H and O–H groups in total. The normalized spacial score (nSPS) is 18.8. The zero-order valence-electron chi connectivity index (χ0n) is 18.5. The first-order valence-corrected chi connectivity index (χ1v) is 11.9. The molecule has 0 saturated carbocycles. The Labute approximate surface area is 191 Å². The summed E-state index contributed by atoms with van der Waals surface area (Å²) in [6, 6.07) is 16.0. The molecule has 2 heterocycles. The van der Waals surface area contributed by atoms with Crippen LogP contribution in [0.5, 0.6) is 5.75 Å². The van der Waals surface area contributed by atoms with Crippen molar-refractivity contribution in [1.82, 2.24) is 9.80 Å². The van der Waals surface area contributed by atoms with Crippen molar-refractivity contribution in [2.75, 3.05) is 32.8 Å². The van der Waals surface area contributed by atoms with Gasteiger partial charge in [-0.15, -0.1) is 0 Å². The van der Waals surface area contributed by atoms with E-state index < -0.39 is 0 Å². The summed E-state index contributed by atoms with van der Waals surface area (Å²) < 4.78 is 5.80. The van der Waals surface area contributed by atoms with Gasteiger partial charge in [-0.2, -0.15) is 0 Å². The van der Waals surface area contributed by atoms with E-state index in [1.54, 1.807) is 0 Å². The molecule has 0 bridgehead atoms. The van der Waals surface area contributed by atoms with Crippen molar-refractivity contribution < 1.29 is 9.53 Å². The lowest BCUT2D eigenvalue weighted by Crippen LogP contribution is -2.48. The molecule has 2 aromatic carbocycles. The summed E-state index contributed by atoms with van der Waals surface area (Å²) in [5.41, 5.74) is 2.73. The van der Waals surface area contributed by atoms with Crippen molar-refractivity contribution in [3.05, 3.63) is 64.7 Å². The van der Waals surface area contributed by atoms with Gasteiger partial charge < -0.3 is 9.64 Å². The number of halogens is 1. The van der Waals surface area contributed by atoms with E-state index in [9.17, 15) is 4.79 Å². The largest absolute Gasteiger partial charge is 0.494 e. The number of benzene rings is 2. The highest BCUT2D eigenvalue weighted by Crippen LogP contribution is 2.41. The van der Waals surface area contributed by atoms with Crippen molar-refractivity contribution in [2.24, 2.45) is 5.41 Å². The molecule has 5 heteroatoms. The Balaban J connectivity index is 1.26. The van der Waals surface area contributed by atoms with E-state index in [0.29, 0.717) is 23.5 Å². The van der Waals surface area contributed by atoms with Gasteiger partial charge in [-0.25, -0.2) is 0 Å². The molecule has 2 fully saturated rings. The molecular formula is C26H33ClN2O2. The fraction of sp³-hybridized carbons (Fsp3) is 0.500. The number of amides is 1. The van der Waals surface area contributed by atoms with Crippen molar-refractivity contribution in [2.45, 2.75) is 45.6 Å². The molecule has 1 spiro atoms. The number of nitrogens with zero attached hydrogens (tertiary/aromatic N) is 2. The number of carbonyl (C=O) groups excluding carboxylic acids is 1. The first kappa shape index (κ1) is 22.2. The van der Waals surface area contributed by atoms with Crippen LogP contribution < -0.4 is 4.74 Å². The van der Waals surface area contributed by atoms with Crippen LogP contribution in [-0.2, 0) is 17.8 Å². The second-order valence-corrected chi connectivity index (χ2v) is 9.44. The Morgan fingerprint density at radius 1 is 0.968 bits per heavy atom. The van der Waals surface area contributed by atoms with E-state index in [1.165, 1.54) is 18.4 Å². The van der Waals surface area contributed by atoms with Gasteiger partial charge in [0, 0.05) is 30.2 Å². The van der Waals surface area contributed by atoms with Gasteiger partial charge in [-0.3, -0.25) is 9.69 Å². The third-order valence-corrected chi connectivity index (χ3v) is 7.28. The standard InChI is InChI=1S/C26H33ClN2O2/c1-2-31-24-6-4-3-5-22(24)20-28-15-11-26(12-16-28)13-17-29(18-14-26)25(30)19-21-7-9-23(27)10-8-21/h3-10H,2,11-20H2,1H3. The molecule has 0 radical (unpaired) electrons. The van der Waals surface area contributed by atoms with Crippen LogP contribution >= 0.6 is 11.6 Å². The summed E-state index contributed by atoms with van der Waals surface area (Å²) in [5.74, 6) is 1.25. The van der Waals surface area contributed by atoms with Crippen molar-refractivity contribution in [3.63, 3.8) is 0 Å². The topological polar surface area (TPSA) is 32.8 Å². The van der Waals surface area contributed by atoms with Gasteiger partial charge in [-0.05, 0) is 74.9 Å². The fourth-order valence-electron chi connectivity index (χ4n) is 4.98. The Morgan fingerprint density at radius 3 is 2.29 bits per heavy atom. The number of rotatable bonds is 6. The minimum absolute atomic E-state index is 0.238. The van der Waals surface area contributed by atoms with Crippen molar-refractivity contribution in [3.8, 4) is 5.75 Å². The number of hydrogen-bond donors (Lipinski definition) is 0. The lowest BCUT2D eigenvalue weighted by atomic mass is 9.71. The molecule has 2 aromatic rings. The molecular weight excluding hydrogens is 408 g/mol. The first-order valence-electron chi connectivity index (χ1n) is 11.5. The van der Waals surface area contributed by atoms with E-state index in [0.717, 1.165) is 56.9 Å². The van der Waals surface area contributed by atoms with Crippen molar-refractivity contribution in [1.29, 1.82) is 0 Å². The van der Waals surface area contributed by atoms with Crippen LogP contribution in [0.2, 0.25) is 5.02 Å². The van der Waals surface area contributed by atoms with Gasteiger partial charge in [0.2, 0.25) is 5.91 Å². The summed E-state index contributed by atoms with van der Waals surface area (Å²) in [6.07, 6.45) is 5.18. The zero-order valence-corrected chi connectivity index (χ0v) is 19.2. The minimum atomic E-state index is 0.238. The van der Waals surface area contributed by atoms with E-state index in [-0.39, 0.29) is 5.91 Å². The number of carbonyl (C=O) groups is 1. The van der Waals surface area contributed by atoms with Crippen LogP contribution in [0.4, 0.5) is 0 Å². The van der Waals surface area contributed by atoms with Gasteiger partial charge in [-0.1, -0.05) is 41.9 Å². The summed E-state index contributed by atoms with van der Waals surface area (Å²) in [6.45, 7) is 7.72. The van der Waals surface area contributed by atoms with Crippen LogP contribution in [0, 0.1) is 5.41 Å². The number of para-hydroxylation sites is 1. The maximum atomic E-state index is 12.7. The van der Waals surface area contributed by atoms with Gasteiger partial charge >= 0.3 is 0 Å². The summed E-state index contributed by atoms with van der Waals surface area (Å²) in [7, 11) is 0. The highest BCUT2D eigenvalue weighted by atomic mass is 35.5. The molecule has 4 nitrogen and oxygen atoms in total. The monoisotopic (exact) mass is 440 g/mol. The Hall–Kier alpha value is -2.04. The summed E-state index contributed by atoms with van der Waals surface area (Å²) in [5, 5.41) is 0.712. The third-order valence-electron chi connectivity index (χ3n) is 7.03. The first-order chi connectivity index (χ1) is 15.1. The van der Waals surface area contributed by atoms with Crippen LogP contribution in [0.3, 0.4) is 0 Å². The van der Waals surface area contributed by atoms with Gasteiger partial charge in [0.1, 0.15) is 5.75 Å². The lowest BCUT2D eigenvalue weighted by Gasteiger charge is -2.47. The lowest BCUT2D eigenvalue weighted by molar-refractivity contribution is -0.133. The van der Waals surface area contributed by atoms with Gasteiger partial charge in [0.05, 0.1) is 13.0 Å². The van der Waals surface area contributed by atoms with E-state index in [4.69, 9.17) is 16.3 Å². The second kappa shape index (κ2) is 10.1. The number of piperidine rings is 2.